The second-order valence-corrected chi connectivity index (χ2v) is 3.90. The molecule has 0 aliphatic carbocycles. The maximum absolute atomic E-state index is 10.9. The van der Waals surface area contributed by atoms with Gasteiger partial charge in [-0.15, -0.1) is 0 Å². The Hall–Kier alpha value is -1.44. The molecule has 1 aliphatic rings. The van der Waals surface area contributed by atoms with E-state index in [0.29, 0.717) is 6.41 Å². The number of aliphatic hydroxyl groups is 2. The van der Waals surface area contributed by atoms with Crippen molar-refractivity contribution in [2.24, 2.45) is 0 Å². The lowest BCUT2D eigenvalue weighted by Gasteiger charge is -2.22. The van der Waals surface area contributed by atoms with Gasteiger partial charge in [-0.3, -0.25) is 14.9 Å². The lowest BCUT2D eigenvalue weighted by atomic mass is 10.2. The summed E-state index contributed by atoms with van der Waals surface area (Å²) in [7, 11) is 1.77. The third-order valence-electron chi connectivity index (χ3n) is 2.41. The van der Waals surface area contributed by atoms with E-state index in [1.807, 2.05) is 5.32 Å². The fourth-order valence-electron chi connectivity index (χ4n) is 1.51. The Morgan fingerprint density at radius 1 is 1.47 bits per heavy atom. The third kappa shape index (κ3) is 7.55. The quantitative estimate of drug-likeness (QED) is 0.448. The first-order chi connectivity index (χ1) is 9.08. The topological polar surface area (TPSA) is 99.1 Å². The normalized spacial score (nSPS) is 21.7. The lowest BCUT2D eigenvalue weighted by molar-refractivity contribution is -0.121. The molecule has 7 heteroatoms. The molecule has 0 spiro atoms. The number of nitrogens with one attached hydrogen (secondary N) is 1. The van der Waals surface area contributed by atoms with Crippen molar-refractivity contribution in [3.63, 3.8) is 0 Å². The van der Waals surface area contributed by atoms with Crippen molar-refractivity contribution in [2.45, 2.75) is 32.1 Å². The maximum atomic E-state index is 10.9. The minimum atomic E-state index is -0.474. The summed E-state index contributed by atoms with van der Waals surface area (Å²) >= 11 is 0. The van der Waals surface area contributed by atoms with Crippen molar-refractivity contribution in [3.05, 3.63) is 12.3 Å². The molecular weight excluding hydrogens is 252 g/mol. The van der Waals surface area contributed by atoms with Crippen molar-refractivity contribution in [1.82, 2.24) is 10.2 Å². The number of aliphatic hydroxyl groups excluding tert-OH is 2. The number of hydrogen-bond acceptors (Lipinski definition) is 6. The summed E-state index contributed by atoms with van der Waals surface area (Å²) in [4.78, 5) is 22.6. The zero-order chi connectivity index (χ0) is 14.7. The molecule has 0 aromatic carbocycles. The highest BCUT2D eigenvalue weighted by molar-refractivity contribution is 5.94. The van der Waals surface area contributed by atoms with Crippen LogP contribution in [0.3, 0.4) is 0 Å². The number of ether oxygens (including phenoxy) is 1. The molecule has 0 aromatic heterocycles. The first-order valence-corrected chi connectivity index (χ1v) is 6.10. The van der Waals surface area contributed by atoms with Crippen LogP contribution in [0.5, 0.6) is 0 Å². The Balaban J connectivity index is 0.000000982. The molecule has 2 atom stereocenters. The van der Waals surface area contributed by atoms with E-state index in [4.69, 9.17) is 14.9 Å². The van der Waals surface area contributed by atoms with E-state index >= 15 is 0 Å². The number of amides is 2. The van der Waals surface area contributed by atoms with Crippen LogP contribution in [0.15, 0.2) is 12.3 Å². The Kier molecular flexibility index (Phi) is 9.69. The summed E-state index contributed by atoms with van der Waals surface area (Å²) in [5.74, 6) is -0.474. The van der Waals surface area contributed by atoms with Gasteiger partial charge in [0, 0.05) is 25.9 Å². The number of imide groups is 1. The van der Waals surface area contributed by atoms with E-state index in [1.165, 1.54) is 6.08 Å². The first-order valence-electron chi connectivity index (χ1n) is 6.10. The van der Waals surface area contributed by atoms with E-state index < -0.39 is 5.91 Å². The van der Waals surface area contributed by atoms with Crippen LogP contribution in [0.1, 0.15) is 19.8 Å². The molecule has 0 radical (unpaired) electrons. The molecule has 1 aliphatic heterocycles. The standard InChI is InChI=1S/C10H16N2O4.C2H6O/c1-12(5-4-9(15)11-7-14)10-3-2-8(6-13)16-10;1-2-3/h4-5,7-8,10,13H,2-3,6H2,1H3,(H,11,14,15);3H,2H2,1H3/b5-4-;. The lowest BCUT2D eigenvalue weighted by Crippen LogP contribution is -2.28. The number of rotatable bonds is 5. The summed E-state index contributed by atoms with van der Waals surface area (Å²) in [6.45, 7) is 1.94. The average molecular weight is 274 g/mol. The van der Waals surface area contributed by atoms with Crippen molar-refractivity contribution in [2.75, 3.05) is 20.3 Å². The smallest absolute Gasteiger partial charge is 0.251 e. The average Bonchev–Trinajstić information content (AvgIpc) is 2.86. The Morgan fingerprint density at radius 2 is 2.11 bits per heavy atom. The van der Waals surface area contributed by atoms with E-state index in [2.05, 4.69) is 0 Å². The molecule has 0 bridgehead atoms. The van der Waals surface area contributed by atoms with E-state index in [9.17, 15) is 9.59 Å². The van der Waals surface area contributed by atoms with Gasteiger partial charge in [-0.05, 0) is 19.8 Å². The molecule has 1 rings (SSSR count). The summed E-state index contributed by atoms with van der Waals surface area (Å²) in [6, 6.07) is 0. The number of carbonyl (C=O) groups excluding carboxylic acids is 2. The summed E-state index contributed by atoms with van der Waals surface area (Å²) in [6.07, 6.45) is 4.50. The highest BCUT2D eigenvalue weighted by atomic mass is 16.5. The van der Waals surface area contributed by atoms with Gasteiger partial charge in [-0.2, -0.15) is 0 Å². The first kappa shape index (κ1) is 17.6. The van der Waals surface area contributed by atoms with Crippen molar-refractivity contribution < 1.29 is 24.5 Å². The van der Waals surface area contributed by atoms with Gasteiger partial charge >= 0.3 is 0 Å². The zero-order valence-corrected chi connectivity index (χ0v) is 11.3. The van der Waals surface area contributed by atoms with Crippen LogP contribution in [-0.2, 0) is 14.3 Å². The fourth-order valence-corrected chi connectivity index (χ4v) is 1.51. The maximum Gasteiger partial charge on any atom is 0.251 e. The summed E-state index contributed by atoms with van der Waals surface area (Å²) in [5, 5.41) is 18.5. The van der Waals surface area contributed by atoms with Gasteiger partial charge in [0.2, 0.25) is 6.41 Å². The molecule has 3 N–H and O–H groups in total. The van der Waals surface area contributed by atoms with Gasteiger partial charge in [0.1, 0.15) is 6.23 Å². The van der Waals surface area contributed by atoms with Gasteiger partial charge in [0.25, 0.3) is 5.91 Å². The van der Waals surface area contributed by atoms with E-state index in [-0.39, 0.29) is 25.5 Å². The van der Waals surface area contributed by atoms with Crippen molar-refractivity contribution in [1.29, 1.82) is 0 Å². The van der Waals surface area contributed by atoms with Gasteiger partial charge < -0.3 is 19.8 Å². The minimum absolute atomic E-state index is 0.0136. The van der Waals surface area contributed by atoms with Crippen LogP contribution in [-0.4, -0.2) is 60.0 Å². The molecule has 7 nitrogen and oxygen atoms in total. The summed E-state index contributed by atoms with van der Waals surface area (Å²) in [5.41, 5.74) is 0. The van der Waals surface area contributed by atoms with Crippen LogP contribution < -0.4 is 5.32 Å². The Morgan fingerprint density at radius 3 is 2.58 bits per heavy atom. The molecule has 110 valence electrons. The number of nitrogens with zero attached hydrogens (tertiary/aromatic N) is 1. The van der Waals surface area contributed by atoms with Crippen molar-refractivity contribution in [3.8, 4) is 0 Å². The van der Waals surface area contributed by atoms with Crippen molar-refractivity contribution >= 4 is 12.3 Å². The monoisotopic (exact) mass is 274 g/mol. The third-order valence-corrected chi connectivity index (χ3v) is 2.41. The molecule has 0 aromatic rings. The predicted octanol–water partition coefficient (Wildman–Crippen LogP) is -0.799. The Bertz CT molecular complexity index is 296. The van der Waals surface area contributed by atoms with Crippen LogP contribution in [0.4, 0.5) is 0 Å². The van der Waals surface area contributed by atoms with Gasteiger partial charge in [-0.25, -0.2) is 0 Å². The van der Waals surface area contributed by atoms with E-state index in [0.717, 1.165) is 12.8 Å². The van der Waals surface area contributed by atoms with Gasteiger partial charge in [0.05, 0.1) is 12.7 Å². The molecule has 0 saturated carbocycles. The molecule has 1 fully saturated rings. The minimum Gasteiger partial charge on any atom is -0.397 e. The predicted molar refractivity (Wildman–Crippen MR) is 68.9 cm³/mol. The molecule has 2 amide bonds. The highest BCUT2D eigenvalue weighted by Gasteiger charge is 2.26. The second kappa shape index (κ2) is 10.5. The van der Waals surface area contributed by atoms with Gasteiger partial charge in [-0.1, -0.05) is 0 Å². The SMILES string of the molecule is CCO.CN(/C=C\C(=O)NC=O)C1CCC(CO)O1. The molecule has 1 saturated heterocycles. The van der Waals surface area contributed by atoms with E-state index in [1.54, 1.807) is 25.1 Å². The molecule has 1 heterocycles. The fraction of sp³-hybridized carbons (Fsp3) is 0.667. The summed E-state index contributed by atoms with van der Waals surface area (Å²) < 4.78 is 5.49. The zero-order valence-electron chi connectivity index (χ0n) is 11.3. The van der Waals surface area contributed by atoms with Gasteiger partial charge in [0.15, 0.2) is 0 Å². The number of carbonyl (C=O) groups is 2. The van der Waals surface area contributed by atoms with Crippen LogP contribution in [0.25, 0.3) is 0 Å². The number of hydrogen-bond donors (Lipinski definition) is 3. The molecule has 19 heavy (non-hydrogen) atoms. The van der Waals surface area contributed by atoms with Crippen LogP contribution >= 0.6 is 0 Å². The molecule has 2 unspecified atom stereocenters. The molecular formula is C12H22N2O5. The second-order valence-electron chi connectivity index (χ2n) is 3.90. The Labute approximate surface area is 112 Å². The van der Waals surface area contributed by atoms with Crippen LogP contribution in [0, 0.1) is 0 Å². The largest absolute Gasteiger partial charge is 0.397 e. The highest BCUT2D eigenvalue weighted by Crippen LogP contribution is 2.21. The van der Waals surface area contributed by atoms with Crippen LogP contribution in [0.2, 0.25) is 0 Å².